The molecule has 0 heterocycles. The summed E-state index contributed by atoms with van der Waals surface area (Å²) >= 11 is 0. The lowest BCUT2D eigenvalue weighted by Crippen LogP contribution is -2.36. The predicted octanol–water partition coefficient (Wildman–Crippen LogP) is 0.822. The van der Waals surface area contributed by atoms with Crippen LogP contribution in [0.4, 0.5) is 0 Å². The van der Waals surface area contributed by atoms with Gasteiger partial charge in [0.15, 0.2) is 5.96 Å². The maximum atomic E-state index is 5.83. The number of rotatable bonds is 6. The molecule has 0 atom stereocenters. The largest absolute Gasteiger partial charge is 0.379 e. The summed E-state index contributed by atoms with van der Waals surface area (Å²) in [5.41, 5.74) is 5.83. The lowest BCUT2D eigenvalue weighted by Gasteiger charge is -2.17. The first-order chi connectivity index (χ1) is 7.25. The highest BCUT2D eigenvalue weighted by Gasteiger charge is 2.22. The second kappa shape index (κ2) is 4.84. The number of ether oxygens (including phenoxy) is 1. The average Bonchev–Trinajstić information content (AvgIpc) is 3.05. The van der Waals surface area contributed by atoms with Crippen molar-refractivity contribution in [1.29, 1.82) is 0 Å². The van der Waals surface area contributed by atoms with Gasteiger partial charge in [-0.25, -0.2) is 4.99 Å². The minimum absolute atomic E-state index is 0.500. The number of aliphatic imine (C=N–C) groups is 1. The van der Waals surface area contributed by atoms with E-state index in [0.29, 0.717) is 12.0 Å². The van der Waals surface area contributed by atoms with Gasteiger partial charge in [0.25, 0.3) is 0 Å². The zero-order valence-corrected chi connectivity index (χ0v) is 9.48. The molecule has 2 N–H and O–H groups in total. The second-order valence-corrected chi connectivity index (χ2v) is 4.66. The van der Waals surface area contributed by atoms with Crippen LogP contribution in [-0.2, 0) is 4.74 Å². The summed E-state index contributed by atoms with van der Waals surface area (Å²) < 4.78 is 5.55. The summed E-state index contributed by atoms with van der Waals surface area (Å²) in [4.78, 5) is 6.36. The van der Waals surface area contributed by atoms with Crippen molar-refractivity contribution in [2.45, 2.75) is 31.7 Å². The SMILES string of the molecule is CN(CCOCC1CC1)C(N)=NC1CC1. The number of nitrogens with two attached hydrogens (primary N) is 1. The lowest BCUT2D eigenvalue weighted by atomic mass is 10.5. The molecule has 4 nitrogen and oxygen atoms in total. The molecule has 0 bridgehead atoms. The predicted molar refractivity (Wildman–Crippen MR) is 60.8 cm³/mol. The molecule has 0 aliphatic heterocycles. The third-order valence-corrected chi connectivity index (χ3v) is 2.87. The molecule has 15 heavy (non-hydrogen) atoms. The van der Waals surface area contributed by atoms with Crippen LogP contribution in [0.15, 0.2) is 4.99 Å². The molecular formula is C11H21N3O. The number of hydrogen-bond donors (Lipinski definition) is 1. The summed E-state index contributed by atoms with van der Waals surface area (Å²) in [5.74, 6) is 1.50. The van der Waals surface area contributed by atoms with Crippen LogP contribution in [0.1, 0.15) is 25.7 Å². The smallest absolute Gasteiger partial charge is 0.191 e. The van der Waals surface area contributed by atoms with Crippen molar-refractivity contribution < 1.29 is 4.74 Å². The van der Waals surface area contributed by atoms with Gasteiger partial charge in [-0.15, -0.1) is 0 Å². The first-order valence-electron chi connectivity index (χ1n) is 5.88. The number of guanidine groups is 1. The molecule has 2 rings (SSSR count). The minimum Gasteiger partial charge on any atom is -0.379 e. The molecule has 86 valence electrons. The fourth-order valence-corrected chi connectivity index (χ4v) is 1.34. The first-order valence-corrected chi connectivity index (χ1v) is 5.88. The van der Waals surface area contributed by atoms with Crippen LogP contribution in [0.3, 0.4) is 0 Å². The summed E-state index contributed by atoms with van der Waals surface area (Å²) in [6.07, 6.45) is 5.10. The lowest BCUT2D eigenvalue weighted by molar-refractivity contribution is 0.115. The van der Waals surface area contributed by atoms with Crippen LogP contribution in [0.2, 0.25) is 0 Å². The highest BCUT2D eigenvalue weighted by molar-refractivity contribution is 5.78. The van der Waals surface area contributed by atoms with Gasteiger partial charge in [0.2, 0.25) is 0 Å². The van der Waals surface area contributed by atoms with E-state index in [1.807, 2.05) is 11.9 Å². The molecule has 2 saturated carbocycles. The Hall–Kier alpha value is -0.770. The van der Waals surface area contributed by atoms with Crippen molar-refractivity contribution in [3.8, 4) is 0 Å². The van der Waals surface area contributed by atoms with E-state index in [1.165, 1.54) is 25.7 Å². The standard InChI is InChI=1S/C11H21N3O/c1-14(11(12)13-10-4-5-10)6-7-15-8-9-2-3-9/h9-10H,2-8H2,1H3,(H2,12,13). The molecule has 0 aromatic carbocycles. The Morgan fingerprint density at radius 2 is 2.13 bits per heavy atom. The van der Waals surface area contributed by atoms with Crippen LogP contribution in [-0.4, -0.2) is 43.7 Å². The van der Waals surface area contributed by atoms with E-state index < -0.39 is 0 Å². The van der Waals surface area contributed by atoms with E-state index in [9.17, 15) is 0 Å². The van der Waals surface area contributed by atoms with Crippen LogP contribution >= 0.6 is 0 Å². The summed E-state index contributed by atoms with van der Waals surface area (Å²) in [6, 6.07) is 0.500. The molecule has 0 radical (unpaired) electrons. The van der Waals surface area contributed by atoms with Gasteiger partial charge >= 0.3 is 0 Å². The maximum absolute atomic E-state index is 5.83. The molecular weight excluding hydrogens is 190 g/mol. The quantitative estimate of drug-likeness (QED) is 0.402. The topological polar surface area (TPSA) is 50.9 Å². The van der Waals surface area contributed by atoms with Crippen LogP contribution in [0.5, 0.6) is 0 Å². The van der Waals surface area contributed by atoms with Crippen molar-refractivity contribution in [2.24, 2.45) is 16.6 Å². The monoisotopic (exact) mass is 211 g/mol. The van der Waals surface area contributed by atoms with Crippen molar-refractivity contribution in [3.05, 3.63) is 0 Å². The molecule has 0 spiro atoms. The molecule has 2 fully saturated rings. The van der Waals surface area contributed by atoms with Crippen molar-refractivity contribution in [1.82, 2.24) is 4.90 Å². The van der Waals surface area contributed by atoms with Crippen molar-refractivity contribution in [2.75, 3.05) is 26.8 Å². The third kappa shape index (κ3) is 4.08. The number of nitrogens with zero attached hydrogens (tertiary/aromatic N) is 2. The van der Waals surface area contributed by atoms with Gasteiger partial charge in [-0.1, -0.05) is 0 Å². The zero-order valence-electron chi connectivity index (χ0n) is 9.48. The van der Waals surface area contributed by atoms with Gasteiger partial charge in [-0.3, -0.25) is 0 Å². The first kappa shape index (κ1) is 10.7. The summed E-state index contributed by atoms with van der Waals surface area (Å²) in [7, 11) is 1.97. The van der Waals surface area contributed by atoms with E-state index in [1.54, 1.807) is 0 Å². The molecule has 2 aliphatic rings. The van der Waals surface area contributed by atoms with Gasteiger partial charge in [0.05, 0.1) is 12.6 Å². The van der Waals surface area contributed by atoms with E-state index >= 15 is 0 Å². The van der Waals surface area contributed by atoms with Gasteiger partial charge < -0.3 is 15.4 Å². The Kier molecular flexibility index (Phi) is 3.46. The highest BCUT2D eigenvalue weighted by atomic mass is 16.5. The van der Waals surface area contributed by atoms with E-state index in [4.69, 9.17) is 10.5 Å². The minimum atomic E-state index is 0.500. The Morgan fingerprint density at radius 3 is 2.73 bits per heavy atom. The van der Waals surface area contributed by atoms with Crippen molar-refractivity contribution >= 4 is 5.96 Å². The fourth-order valence-electron chi connectivity index (χ4n) is 1.34. The Balaban J connectivity index is 1.55. The van der Waals surface area contributed by atoms with Crippen LogP contribution in [0.25, 0.3) is 0 Å². The van der Waals surface area contributed by atoms with Gasteiger partial charge in [0.1, 0.15) is 0 Å². The molecule has 0 aromatic heterocycles. The second-order valence-electron chi connectivity index (χ2n) is 4.66. The zero-order chi connectivity index (χ0) is 10.7. The van der Waals surface area contributed by atoms with Crippen LogP contribution in [0, 0.1) is 5.92 Å². The highest BCUT2D eigenvalue weighted by Crippen LogP contribution is 2.28. The Labute approximate surface area is 91.5 Å². The molecule has 0 aromatic rings. The Morgan fingerprint density at radius 1 is 1.40 bits per heavy atom. The number of likely N-dealkylation sites (N-methyl/N-ethyl adjacent to an activating group) is 1. The number of hydrogen-bond acceptors (Lipinski definition) is 2. The molecule has 2 aliphatic carbocycles. The fraction of sp³-hybridized carbons (Fsp3) is 0.909. The third-order valence-electron chi connectivity index (χ3n) is 2.87. The van der Waals surface area contributed by atoms with Crippen molar-refractivity contribution in [3.63, 3.8) is 0 Å². The summed E-state index contributed by atoms with van der Waals surface area (Å²) in [6.45, 7) is 2.52. The molecule has 0 saturated heterocycles. The average molecular weight is 211 g/mol. The van der Waals surface area contributed by atoms with E-state index in [2.05, 4.69) is 4.99 Å². The molecule has 0 unspecified atom stereocenters. The van der Waals surface area contributed by atoms with E-state index in [0.717, 1.165) is 25.7 Å². The molecule has 4 heteroatoms. The molecule has 0 amide bonds. The van der Waals surface area contributed by atoms with Gasteiger partial charge in [-0.05, 0) is 31.6 Å². The van der Waals surface area contributed by atoms with Gasteiger partial charge in [0, 0.05) is 20.2 Å². The van der Waals surface area contributed by atoms with Gasteiger partial charge in [-0.2, -0.15) is 0 Å². The van der Waals surface area contributed by atoms with E-state index in [-0.39, 0.29) is 0 Å². The Bertz CT molecular complexity index is 234. The summed E-state index contributed by atoms with van der Waals surface area (Å²) in [5, 5.41) is 0. The van der Waals surface area contributed by atoms with Crippen LogP contribution < -0.4 is 5.73 Å². The maximum Gasteiger partial charge on any atom is 0.191 e. The normalized spacial score (nSPS) is 21.8.